The summed E-state index contributed by atoms with van der Waals surface area (Å²) in [6.07, 6.45) is -3.65. The van der Waals surface area contributed by atoms with Gasteiger partial charge in [-0.3, -0.25) is 0 Å². The molecule has 1 aromatic rings. The van der Waals surface area contributed by atoms with E-state index in [0.717, 1.165) is 43.9 Å². The fourth-order valence-electron chi connectivity index (χ4n) is 2.41. The van der Waals surface area contributed by atoms with Crippen LogP contribution in [0, 0.1) is 6.92 Å². The molecule has 0 aromatic heterocycles. The molecule has 1 aromatic carbocycles. The molecule has 3 nitrogen and oxygen atoms in total. The number of alkyl halides is 3. The zero-order chi connectivity index (χ0) is 14.8. The maximum atomic E-state index is 12.3. The highest BCUT2D eigenvalue weighted by atomic mass is 19.4. The normalized spacial score (nSPS) is 17.9. The summed E-state index contributed by atoms with van der Waals surface area (Å²) in [5.41, 5.74) is 1.55. The lowest BCUT2D eigenvalue weighted by molar-refractivity contribution is -0.274. The van der Waals surface area contributed by atoms with Gasteiger partial charge in [-0.2, -0.15) is 0 Å². The first-order valence-electron chi connectivity index (χ1n) is 6.64. The molecule has 0 unspecified atom stereocenters. The SMILES string of the molecule is Cc1cc(OC(F)(F)F)cc(N2CCCN(C)CC2)c1. The topological polar surface area (TPSA) is 15.7 Å². The standard InChI is InChI=1S/C14H19F3N2O/c1-11-8-12(10-13(9-11)20-14(15,16)17)19-5-3-4-18(2)6-7-19/h8-10H,3-7H2,1-2H3. The Balaban J connectivity index is 2.18. The van der Waals surface area contributed by atoms with Crippen LogP contribution in [-0.4, -0.2) is 44.5 Å². The van der Waals surface area contributed by atoms with Crippen LogP contribution in [0.15, 0.2) is 18.2 Å². The largest absolute Gasteiger partial charge is 0.573 e. The van der Waals surface area contributed by atoms with E-state index in [4.69, 9.17) is 0 Å². The molecule has 1 fully saturated rings. The van der Waals surface area contributed by atoms with Gasteiger partial charge in [0.1, 0.15) is 5.75 Å². The Morgan fingerprint density at radius 1 is 1.05 bits per heavy atom. The molecule has 0 atom stereocenters. The van der Waals surface area contributed by atoms with Crippen molar-refractivity contribution in [3.05, 3.63) is 23.8 Å². The first kappa shape index (κ1) is 15.0. The van der Waals surface area contributed by atoms with E-state index >= 15 is 0 Å². The maximum absolute atomic E-state index is 12.3. The number of hydrogen-bond acceptors (Lipinski definition) is 3. The number of rotatable bonds is 2. The molecule has 0 amide bonds. The molecule has 112 valence electrons. The highest BCUT2D eigenvalue weighted by Crippen LogP contribution is 2.29. The number of benzene rings is 1. The Kier molecular flexibility index (Phi) is 4.42. The Bertz CT molecular complexity index is 462. The van der Waals surface area contributed by atoms with Gasteiger partial charge in [-0.05, 0) is 44.6 Å². The van der Waals surface area contributed by atoms with Gasteiger partial charge in [-0.25, -0.2) is 0 Å². The van der Waals surface area contributed by atoms with Crippen molar-refractivity contribution in [1.29, 1.82) is 0 Å². The summed E-state index contributed by atoms with van der Waals surface area (Å²) in [6.45, 7) is 5.35. The first-order valence-corrected chi connectivity index (χ1v) is 6.64. The van der Waals surface area contributed by atoms with Crippen LogP contribution in [0.2, 0.25) is 0 Å². The third kappa shape index (κ3) is 4.30. The molecular formula is C14H19F3N2O. The van der Waals surface area contributed by atoms with Gasteiger partial charge in [0, 0.05) is 31.4 Å². The van der Waals surface area contributed by atoms with E-state index in [2.05, 4.69) is 21.6 Å². The minimum atomic E-state index is -4.65. The molecule has 6 heteroatoms. The van der Waals surface area contributed by atoms with Crippen LogP contribution in [0.1, 0.15) is 12.0 Å². The van der Waals surface area contributed by atoms with Crippen LogP contribution in [0.25, 0.3) is 0 Å². The number of hydrogen-bond donors (Lipinski definition) is 0. The average molecular weight is 288 g/mol. The predicted octanol–water partition coefficient (Wildman–Crippen LogP) is 3.04. The Morgan fingerprint density at radius 2 is 1.80 bits per heavy atom. The number of ether oxygens (including phenoxy) is 1. The molecule has 0 N–H and O–H groups in total. The van der Waals surface area contributed by atoms with E-state index in [0.29, 0.717) is 0 Å². The summed E-state index contributed by atoms with van der Waals surface area (Å²) >= 11 is 0. The van der Waals surface area contributed by atoms with Crippen LogP contribution in [0.3, 0.4) is 0 Å². The quantitative estimate of drug-likeness (QED) is 0.832. The van der Waals surface area contributed by atoms with Crippen molar-refractivity contribution in [2.75, 3.05) is 38.1 Å². The molecule has 0 radical (unpaired) electrons. The van der Waals surface area contributed by atoms with E-state index in [1.807, 2.05) is 6.07 Å². The zero-order valence-corrected chi connectivity index (χ0v) is 11.7. The molecule has 1 aliphatic heterocycles. The number of halogens is 3. The summed E-state index contributed by atoms with van der Waals surface area (Å²) in [4.78, 5) is 4.34. The van der Waals surface area contributed by atoms with Crippen LogP contribution >= 0.6 is 0 Å². The molecule has 1 aliphatic rings. The minimum absolute atomic E-state index is 0.148. The van der Waals surface area contributed by atoms with Gasteiger partial charge < -0.3 is 14.5 Å². The van der Waals surface area contributed by atoms with Gasteiger partial charge in [0.2, 0.25) is 0 Å². The number of likely N-dealkylation sites (N-methyl/N-ethyl adjacent to an activating group) is 1. The van der Waals surface area contributed by atoms with Gasteiger partial charge in [0.05, 0.1) is 0 Å². The lowest BCUT2D eigenvalue weighted by Crippen LogP contribution is -2.28. The van der Waals surface area contributed by atoms with Crippen molar-refractivity contribution < 1.29 is 17.9 Å². The Hall–Kier alpha value is -1.43. The van der Waals surface area contributed by atoms with Crippen molar-refractivity contribution >= 4 is 5.69 Å². The maximum Gasteiger partial charge on any atom is 0.573 e. The highest BCUT2D eigenvalue weighted by molar-refractivity contribution is 5.53. The van der Waals surface area contributed by atoms with Gasteiger partial charge in [0.25, 0.3) is 0 Å². The van der Waals surface area contributed by atoms with E-state index in [9.17, 15) is 13.2 Å². The van der Waals surface area contributed by atoms with Crippen molar-refractivity contribution in [2.24, 2.45) is 0 Å². The highest BCUT2D eigenvalue weighted by Gasteiger charge is 2.31. The Labute approximate surface area is 116 Å². The zero-order valence-electron chi connectivity index (χ0n) is 11.7. The van der Waals surface area contributed by atoms with Crippen LogP contribution < -0.4 is 9.64 Å². The molecule has 0 saturated carbocycles. The molecule has 0 spiro atoms. The smallest absolute Gasteiger partial charge is 0.406 e. The molecule has 1 saturated heterocycles. The van der Waals surface area contributed by atoms with Crippen molar-refractivity contribution in [2.45, 2.75) is 19.7 Å². The molecular weight excluding hydrogens is 269 g/mol. The second-order valence-corrected chi connectivity index (χ2v) is 5.20. The summed E-state index contributed by atoms with van der Waals surface area (Å²) < 4.78 is 41.0. The van der Waals surface area contributed by atoms with Crippen LogP contribution in [0.4, 0.5) is 18.9 Å². The average Bonchev–Trinajstić information content (AvgIpc) is 2.51. The summed E-state index contributed by atoms with van der Waals surface area (Å²) in [7, 11) is 2.05. The molecule has 20 heavy (non-hydrogen) atoms. The first-order chi connectivity index (χ1) is 9.33. The number of anilines is 1. The monoisotopic (exact) mass is 288 g/mol. The van der Waals surface area contributed by atoms with Crippen LogP contribution in [0.5, 0.6) is 5.75 Å². The van der Waals surface area contributed by atoms with E-state index < -0.39 is 6.36 Å². The van der Waals surface area contributed by atoms with Crippen molar-refractivity contribution in [3.8, 4) is 5.75 Å². The molecule has 1 heterocycles. The fourth-order valence-corrected chi connectivity index (χ4v) is 2.41. The van der Waals surface area contributed by atoms with Crippen molar-refractivity contribution in [3.63, 3.8) is 0 Å². The lowest BCUT2D eigenvalue weighted by Gasteiger charge is -2.24. The van der Waals surface area contributed by atoms with Gasteiger partial charge in [0.15, 0.2) is 0 Å². The van der Waals surface area contributed by atoms with Crippen molar-refractivity contribution in [1.82, 2.24) is 4.90 Å². The molecule has 0 bridgehead atoms. The van der Waals surface area contributed by atoms with Gasteiger partial charge in [-0.1, -0.05) is 0 Å². The van der Waals surface area contributed by atoms with Crippen LogP contribution in [-0.2, 0) is 0 Å². The van der Waals surface area contributed by atoms with E-state index in [1.165, 1.54) is 12.1 Å². The third-order valence-electron chi connectivity index (χ3n) is 3.35. The predicted molar refractivity (Wildman–Crippen MR) is 72.2 cm³/mol. The summed E-state index contributed by atoms with van der Waals surface area (Å²) in [5, 5.41) is 0. The third-order valence-corrected chi connectivity index (χ3v) is 3.35. The lowest BCUT2D eigenvalue weighted by atomic mass is 10.2. The second kappa shape index (κ2) is 5.91. The van der Waals surface area contributed by atoms with Gasteiger partial charge >= 0.3 is 6.36 Å². The Morgan fingerprint density at radius 3 is 2.50 bits per heavy atom. The number of nitrogens with zero attached hydrogens (tertiary/aromatic N) is 2. The van der Waals surface area contributed by atoms with E-state index in [-0.39, 0.29) is 5.75 Å². The second-order valence-electron chi connectivity index (χ2n) is 5.20. The summed E-state index contributed by atoms with van der Waals surface area (Å²) in [6, 6.07) is 4.77. The molecule has 0 aliphatic carbocycles. The molecule has 2 rings (SSSR count). The minimum Gasteiger partial charge on any atom is -0.406 e. The van der Waals surface area contributed by atoms with E-state index in [1.54, 1.807) is 6.92 Å². The number of aryl methyl sites for hydroxylation is 1. The fraction of sp³-hybridized carbons (Fsp3) is 0.571. The van der Waals surface area contributed by atoms with Gasteiger partial charge in [-0.15, -0.1) is 13.2 Å². The summed E-state index contributed by atoms with van der Waals surface area (Å²) in [5.74, 6) is -0.148.